The van der Waals surface area contributed by atoms with E-state index in [0.29, 0.717) is 28.3 Å². The number of nitrogens with one attached hydrogen (secondary N) is 1. The maximum atomic E-state index is 10.9. The van der Waals surface area contributed by atoms with Gasteiger partial charge in [0.05, 0.1) is 21.7 Å². The van der Waals surface area contributed by atoms with Crippen molar-refractivity contribution in [2.75, 3.05) is 11.9 Å². The molecule has 0 saturated carbocycles. The molecule has 0 atom stereocenters. The standard InChI is InChI=1S/C12H12BrN3O3/c1-2-4-14-11-7-8(16(17)18)6-10(15-11)12-9(13)3-5-19-12/h3,5-7H,2,4H2,1H3,(H,14,15). The van der Waals surface area contributed by atoms with E-state index >= 15 is 0 Å². The number of hydrogen-bond donors (Lipinski definition) is 1. The maximum absolute atomic E-state index is 10.9. The molecule has 6 nitrogen and oxygen atoms in total. The second kappa shape index (κ2) is 5.83. The summed E-state index contributed by atoms with van der Waals surface area (Å²) in [5, 5.41) is 14.0. The minimum atomic E-state index is -0.445. The molecule has 0 aromatic carbocycles. The zero-order chi connectivity index (χ0) is 13.8. The Kier molecular flexibility index (Phi) is 4.16. The van der Waals surface area contributed by atoms with Gasteiger partial charge in [-0.15, -0.1) is 0 Å². The molecule has 100 valence electrons. The molecule has 0 unspecified atom stereocenters. The third-order valence-electron chi connectivity index (χ3n) is 2.43. The normalized spacial score (nSPS) is 10.4. The van der Waals surface area contributed by atoms with Gasteiger partial charge in [0.15, 0.2) is 5.76 Å². The van der Waals surface area contributed by atoms with Crippen LogP contribution in [0.5, 0.6) is 0 Å². The second-order valence-electron chi connectivity index (χ2n) is 3.88. The van der Waals surface area contributed by atoms with E-state index in [9.17, 15) is 10.1 Å². The molecular weight excluding hydrogens is 314 g/mol. The van der Waals surface area contributed by atoms with E-state index in [1.807, 2.05) is 6.92 Å². The molecule has 0 fully saturated rings. The average molecular weight is 326 g/mol. The summed E-state index contributed by atoms with van der Waals surface area (Å²) in [5.41, 5.74) is 0.400. The van der Waals surface area contributed by atoms with Crippen LogP contribution in [-0.4, -0.2) is 16.5 Å². The summed E-state index contributed by atoms with van der Waals surface area (Å²) in [6.45, 7) is 2.71. The van der Waals surface area contributed by atoms with Crippen LogP contribution < -0.4 is 5.32 Å². The van der Waals surface area contributed by atoms with Gasteiger partial charge in [0, 0.05) is 12.6 Å². The molecule has 0 spiro atoms. The largest absolute Gasteiger partial charge is 0.461 e. The van der Waals surface area contributed by atoms with E-state index in [0.717, 1.165) is 6.42 Å². The zero-order valence-corrected chi connectivity index (χ0v) is 11.8. The predicted octanol–water partition coefficient (Wildman–Crippen LogP) is 3.83. The van der Waals surface area contributed by atoms with Gasteiger partial charge in [-0.25, -0.2) is 4.98 Å². The molecule has 2 heterocycles. The van der Waals surface area contributed by atoms with Crippen LogP contribution in [0.15, 0.2) is 33.4 Å². The lowest BCUT2D eigenvalue weighted by Gasteiger charge is -2.06. The molecule has 7 heteroatoms. The second-order valence-corrected chi connectivity index (χ2v) is 4.73. The summed E-state index contributed by atoms with van der Waals surface area (Å²) >= 11 is 3.32. The fourth-order valence-corrected chi connectivity index (χ4v) is 1.96. The summed E-state index contributed by atoms with van der Waals surface area (Å²) in [6, 6.07) is 4.52. The van der Waals surface area contributed by atoms with Crippen LogP contribution in [0.2, 0.25) is 0 Å². The summed E-state index contributed by atoms with van der Waals surface area (Å²) in [6.07, 6.45) is 2.41. The van der Waals surface area contributed by atoms with Crippen LogP contribution in [0.25, 0.3) is 11.5 Å². The van der Waals surface area contributed by atoms with Crippen molar-refractivity contribution in [2.24, 2.45) is 0 Å². The quantitative estimate of drug-likeness (QED) is 0.667. The van der Waals surface area contributed by atoms with Crippen molar-refractivity contribution in [3.63, 3.8) is 0 Å². The molecule has 0 aliphatic carbocycles. The van der Waals surface area contributed by atoms with Crippen molar-refractivity contribution < 1.29 is 9.34 Å². The molecular formula is C12H12BrN3O3. The summed E-state index contributed by atoms with van der Waals surface area (Å²) in [7, 11) is 0. The van der Waals surface area contributed by atoms with Crippen LogP contribution in [0.3, 0.4) is 0 Å². The average Bonchev–Trinajstić information content (AvgIpc) is 2.82. The Labute approximate surface area is 118 Å². The Bertz CT molecular complexity index is 598. The van der Waals surface area contributed by atoms with Crippen molar-refractivity contribution in [3.05, 3.63) is 39.0 Å². The zero-order valence-electron chi connectivity index (χ0n) is 10.2. The number of nitrogens with zero attached hydrogens (tertiary/aromatic N) is 2. The molecule has 19 heavy (non-hydrogen) atoms. The van der Waals surface area contributed by atoms with Crippen LogP contribution in [0.4, 0.5) is 11.5 Å². The monoisotopic (exact) mass is 325 g/mol. The first-order valence-electron chi connectivity index (χ1n) is 5.75. The van der Waals surface area contributed by atoms with Gasteiger partial charge in [-0.2, -0.15) is 0 Å². The first-order valence-corrected chi connectivity index (χ1v) is 6.55. The molecule has 0 radical (unpaired) electrons. The van der Waals surface area contributed by atoms with Gasteiger partial charge in [-0.1, -0.05) is 6.92 Å². The minimum Gasteiger partial charge on any atom is -0.461 e. The first-order chi connectivity index (χ1) is 9.11. The molecule has 0 bridgehead atoms. The summed E-state index contributed by atoms with van der Waals surface area (Å²) in [4.78, 5) is 14.8. The number of rotatable bonds is 5. The molecule has 1 N–H and O–H groups in total. The number of pyridine rings is 1. The Hall–Kier alpha value is -1.89. The number of halogens is 1. The summed E-state index contributed by atoms with van der Waals surface area (Å²) < 4.78 is 5.99. The third kappa shape index (κ3) is 3.11. The lowest BCUT2D eigenvalue weighted by Crippen LogP contribution is -2.03. The number of aromatic nitrogens is 1. The first kappa shape index (κ1) is 13.5. The summed E-state index contributed by atoms with van der Waals surface area (Å²) in [5.74, 6) is 0.942. The van der Waals surface area contributed by atoms with E-state index in [-0.39, 0.29) is 5.69 Å². The van der Waals surface area contributed by atoms with Gasteiger partial charge in [-0.3, -0.25) is 10.1 Å². The van der Waals surface area contributed by atoms with Crippen LogP contribution in [0, 0.1) is 10.1 Å². The Morgan fingerprint density at radius 3 is 2.89 bits per heavy atom. The van der Waals surface area contributed by atoms with Gasteiger partial charge in [0.25, 0.3) is 5.69 Å². The fraction of sp³-hybridized carbons (Fsp3) is 0.250. The smallest absolute Gasteiger partial charge is 0.275 e. The van der Waals surface area contributed by atoms with Gasteiger partial charge >= 0.3 is 0 Å². The lowest BCUT2D eigenvalue weighted by atomic mass is 10.2. The minimum absolute atomic E-state index is 0.0214. The highest BCUT2D eigenvalue weighted by molar-refractivity contribution is 9.10. The molecule has 0 aliphatic heterocycles. The molecule has 2 rings (SSSR count). The molecule has 0 aliphatic rings. The van der Waals surface area contributed by atoms with Crippen molar-refractivity contribution in [1.29, 1.82) is 0 Å². The van der Waals surface area contributed by atoms with Gasteiger partial charge in [-0.05, 0) is 28.4 Å². The SMILES string of the molecule is CCCNc1cc([N+](=O)[O-])cc(-c2occc2Br)n1. The van der Waals surface area contributed by atoms with Crippen LogP contribution in [-0.2, 0) is 0 Å². The Balaban J connectivity index is 2.45. The molecule has 2 aromatic rings. The molecule has 2 aromatic heterocycles. The highest BCUT2D eigenvalue weighted by Gasteiger charge is 2.16. The van der Waals surface area contributed by atoms with Crippen molar-refractivity contribution in [2.45, 2.75) is 13.3 Å². The predicted molar refractivity (Wildman–Crippen MR) is 75.1 cm³/mol. The van der Waals surface area contributed by atoms with Crippen molar-refractivity contribution in [3.8, 4) is 11.5 Å². The van der Waals surface area contributed by atoms with E-state index < -0.39 is 4.92 Å². The van der Waals surface area contributed by atoms with E-state index in [2.05, 4.69) is 26.2 Å². The van der Waals surface area contributed by atoms with E-state index in [1.165, 1.54) is 18.4 Å². The third-order valence-corrected chi connectivity index (χ3v) is 3.05. The van der Waals surface area contributed by atoms with Crippen molar-refractivity contribution >= 4 is 27.4 Å². The van der Waals surface area contributed by atoms with E-state index in [1.54, 1.807) is 6.07 Å². The number of hydrogen-bond acceptors (Lipinski definition) is 5. The van der Waals surface area contributed by atoms with E-state index in [4.69, 9.17) is 4.42 Å². The topological polar surface area (TPSA) is 81.2 Å². The van der Waals surface area contributed by atoms with Crippen LogP contribution >= 0.6 is 15.9 Å². The molecule has 0 saturated heterocycles. The maximum Gasteiger partial charge on any atom is 0.275 e. The highest BCUT2D eigenvalue weighted by atomic mass is 79.9. The van der Waals surface area contributed by atoms with Gasteiger partial charge < -0.3 is 9.73 Å². The number of anilines is 1. The molecule has 0 amide bonds. The fourth-order valence-electron chi connectivity index (χ4n) is 1.56. The Morgan fingerprint density at radius 2 is 2.32 bits per heavy atom. The number of furan rings is 1. The van der Waals surface area contributed by atoms with Gasteiger partial charge in [0.2, 0.25) is 0 Å². The lowest BCUT2D eigenvalue weighted by molar-refractivity contribution is -0.384. The van der Waals surface area contributed by atoms with Gasteiger partial charge in [0.1, 0.15) is 11.5 Å². The Morgan fingerprint density at radius 1 is 1.53 bits per heavy atom. The van der Waals surface area contributed by atoms with Crippen LogP contribution in [0.1, 0.15) is 13.3 Å². The number of nitro groups is 1. The highest BCUT2D eigenvalue weighted by Crippen LogP contribution is 2.31. The van der Waals surface area contributed by atoms with Crippen molar-refractivity contribution in [1.82, 2.24) is 4.98 Å².